The fourth-order valence-electron chi connectivity index (χ4n) is 5.42. The van der Waals surface area contributed by atoms with Gasteiger partial charge in [-0.3, -0.25) is 9.59 Å². The number of benzene rings is 1. The first-order valence-corrected chi connectivity index (χ1v) is 12.2. The van der Waals surface area contributed by atoms with Gasteiger partial charge in [-0.15, -0.1) is 0 Å². The molecule has 7 nitrogen and oxygen atoms in total. The quantitative estimate of drug-likeness (QED) is 0.620. The Kier molecular flexibility index (Phi) is 5.55. The number of aliphatic hydroxyl groups is 1. The number of nitrogens with zero attached hydrogens (tertiary/aromatic N) is 2. The zero-order chi connectivity index (χ0) is 23.3. The Hall–Kier alpha value is -2.67. The average molecular weight is 451 g/mol. The number of ketones is 1. The van der Waals surface area contributed by atoms with E-state index < -0.39 is 5.91 Å². The van der Waals surface area contributed by atoms with Crippen LogP contribution < -0.4 is 11.1 Å². The first-order chi connectivity index (χ1) is 15.7. The molecule has 2 aromatic rings. The smallest absolute Gasteiger partial charge is 0.250 e. The Morgan fingerprint density at radius 1 is 1.18 bits per heavy atom. The maximum Gasteiger partial charge on any atom is 0.250 e. The third kappa shape index (κ3) is 4.56. The Morgan fingerprint density at radius 2 is 1.91 bits per heavy atom. The van der Waals surface area contributed by atoms with Gasteiger partial charge in [-0.25, -0.2) is 4.68 Å². The Bertz CT molecular complexity index is 1090. The minimum Gasteiger partial charge on any atom is -0.393 e. The van der Waals surface area contributed by atoms with E-state index in [4.69, 9.17) is 10.8 Å². The first-order valence-electron chi connectivity index (χ1n) is 12.2. The fourth-order valence-corrected chi connectivity index (χ4v) is 5.42. The number of fused-ring (bicyclic) bond motifs is 1. The van der Waals surface area contributed by atoms with Gasteiger partial charge in [0.25, 0.3) is 5.91 Å². The number of primary amides is 1. The molecule has 1 heterocycles. The number of aliphatic hydroxyl groups excluding tert-OH is 1. The van der Waals surface area contributed by atoms with Gasteiger partial charge >= 0.3 is 0 Å². The first kappa shape index (κ1) is 22.1. The molecule has 2 saturated carbocycles. The van der Waals surface area contributed by atoms with Crippen molar-refractivity contribution in [2.24, 2.45) is 17.1 Å². The van der Waals surface area contributed by atoms with Gasteiger partial charge in [0, 0.05) is 18.2 Å². The lowest BCUT2D eigenvalue weighted by Crippen LogP contribution is -2.29. The minimum absolute atomic E-state index is 0.115. The van der Waals surface area contributed by atoms with Gasteiger partial charge in [0.1, 0.15) is 0 Å². The van der Waals surface area contributed by atoms with E-state index in [1.807, 2.05) is 16.8 Å². The molecule has 1 amide bonds. The number of anilines is 1. The zero-order valence-electron chi connectivity index (χ0n) is 19.6. The van der Waals surface area contributed by atoms with Gasteiger partial charge in [-0.05, 0) is 80.9 Å². The number of hydrogen-bond donors (Lipinski definition) is 3. The molecule has 0 atom stereocenters. The highest BCUT2D eigenvalue weighted by Crippen LogP contribution is 2.40. The van der Waals surface area contributed by atoms with Crippen molar-refractivity contribution in [2.45, 2.75) is 83.8 Å². The van der Waals surface area contributed by atoms with Crippen molar-refractivity contribution in [3.8, 4) is 5.69 Å². The van der Waals surface area contributed by atoms with Crippen LogP contribution in [0.15, 0.2) is 18.2 Å². The number of nitrogens with two attached hydrogens (primary N) is 1. The van der Waals surface area contributed by atoms with Crippen LogP contribution in [0.2, 0.25) is 0 Å². The molecule has 3 aliphatic carbocycles. The van der Waals surface area contributed by atoms with Crippen LogP contribution in [0.3, 0.4) is 0 Å². The zero-order valence-corrected chi connectivity index (χ0v) is 19.6. The lowest BCUT2D eigenvalue weighted by molar-refractivity contribution is 0.0909. The molecule has 0 radical (unpaired) electrons. The van der Waals surface area contributed by atoms with Gasteiger partial charge in [-0.1, -0.05) is 13.8 Å². The standard InChI is InChI=1S/C26H34N4O3/c1-26(2)13-22-24(23(32)14-26)21(11-15-3-4-15)29-30(22)17-7-10-19(25(27)33)20(12-17)28-16-5-8-18(31)9-6-16/h7,10,12,15-16,18,28,31H,3-6,8-9,11,13-14H2,1-2H3,(H2,27,33). The van der Waals surface area contributed by atoms with Gasteiger partial charge in [0.15, 0.2) is 5.78 Å². The average Bonchev–Trinajstić information content (AvgIpc) is 3.48. The largest absolute Gasteiger partial charge is 0.393 e. The normalized spacial score (nSPS) is 24.4. The minimum atomic E-state index is -0.479. The number of aromatic nitrogens is 2. The summed E-state index contributed by atoms with van der Waals surface area (Å²) in [7, 11) is 0. The van der Waals surface area contributed by atoms with Crippen molar-refractivity contribution < 1.29 is 14.7 Å². The second-order valence-corrected chi connectivity index (χ2v) is 11.0. The van der Waals surface area contributed by atoms with Crippen LogP contribution in [-0.4, -0.2) is 38.7 Å². The molecule has 176 valence electrons. The Balaban J connectivity index is 1.54. The van der Waals surface area contributed by atoms with Crippen LogP contribution in [0.1, 0.15) is 90.9 Å². The van der Waals surface area contributed by atoms with E-state index >= 15 is 0 Å². The Labute approximate surface area is 194 Å². The number of amides is 1. The van der Waals surface area contributed by atoms with Gasteiger partial charge in [-0.2, -0.15) is 5.10 Å². The van der Waals surface area contributed by atoms with Crippen LogP contribution in [0.4, 0.5) is 5.69 Å². The lowest BCUT2D eigenvalue weighted by Gasteiger charge is -2.29. The molecule has 7 heteroatoms. The van der Waals surface area contributed by atoms with Crippen molar-refractivity contribution in [1.29, 1.82) is 0 Å². The number of carbonyl (C=O) groups is 2. The van der Waals surface area contributed by atoms with Gasteiger partial charge in [0.05, 0.1) is 34.3 Å². The summed E-state index contributed by atoms with van der Waals surface area (Å²) in [6.07, 6.45) is 7.54. The molecule has 5 rings (SSSR count). The van der Waals surface area contributed by atoms with E-state index in [1.165, 1.54) is 12.8 Å². The number of hydrogen-bond acceptors (Lipinski definition) is 5. The molecule has 1 aromatic heterocycles. The van der Waals surface area contributed by atoms with E-state index in [0.29, 0.717) is 23.6 Å². The van der Waals surface area contributed by atoms with Crippen LogP contribution >= 0.6 is 0 Å². The molecule has 0 spiro atoms. The SMILES string of the molecule is CC1(C)CC(=O)c2c(CC3CC3)nn(-c3ccc(C(N)=O)c(NC4CCC(O)CC4)c3)c2C1. The summed E-state index contributed by atoms with van der Waals surface area (Å²) in [5, 5.41) is 18.3. The predicted molar refractivity (Wildman–Crippen MR) is 127 cm³/mol. The summed E-state index contributed by atoms with van der Waals surface area (Å²) in [5.41, 5.74) is 10.2. The lowest BCUT2D eigenvalue weighted by atomic mass is 9.75. The van der Waals surface area contributed by atoms with Gasteiger partial charge in [0.2, 0.25) is 0 Å². The van der Waals surface area contributed by atoms with Crippen LogP contribution in [-0.2, 0) is 12.8 Å². The van der Waals surface area contributed by atoms with E-state index in [2.05, 4.69) is 19.2 Å². The van der Waals surface area contributed by atoms with Crippen molar-refractivity contribution in [3.05, 3.63) is 40.7 Å². The third-order valence-corrected chi connectivity index (χ3v) is 7.37. The van der Waals surface area contributed by atoms with Crippen LogP contribution in [0, 0.1) is 11.3 Å². The van der Waals surface area contributed by atoms with E-state index in [1.54, 1.807) is 6.07 Å². The highest BCUT2D eigenvalue weighted by molar-refractivity contribution is 6.00. The molecule has 1 aromatic carbocycles. The molecule has 0 unspecified atom stereocenters. The van der Waals surface area contributed by atoms with Crippen molar-refractivity contribution >= 4 is 17.4 Å². The topological polar surface area (TPSA) is 110 Å². The number of carbonyl (C=O) groups excluding carboxylic acids is 2. The highest BCUT2D eigenvalue weighted by atomic mass is 16.3. The van der Waals surface area contributed by atoms with E-state index in [9.17, 15) is 14.7 Å². The van der Waals surface area contributed by atoms with Gasteiger partial charge < -0.3 is 16.2 Å². The molecular formula is C26H34N4O3. The van der Waals surface area contributed by atoms with E-state index in [0.717, 1.165) is 61.2 Å². The summed E-state index contributed by atoms with van der Waals surface area (Å²) in [4.78, 5) is 25.3. The fraction of sp³-hybridized carbons (Fsp3) is 0.577. The molecule has 3 aliphatic rings. The van der Waals surface area contributed by atoms with Crippen molar-refractivity contribution in [1.82, 2.24) is 9.78 Å². The molecular weight excluding hydrogens is 416 g/mol. The number of nitrogens with one attached hydrogen (secondary N) is 1. The summed E-state index contributed by atoms with van der Waals surface area (Å²) in [6, 6.07) is 5.74. The Morgan fingerprint density at radius 3 is 2.58 bits per heavy atom. The van der Waals surface area contributed by atoms with E-state index in [-0.39, 0.29) is 23.3 Å². The predicted octanol–water partition coefficient (Wildman–Crippen LogP) is 3.79. The summed E-state index contributed by atoms with van der Waals surface area (Å²) < 4.78 is 1.92. The van der Waals surface area contributed by atoms with Crippen molar-refractivity contribution in [3.63, 3.8) is 0 Å². The summed E-state index contributed by atoms with van der Waals surface area (Å²) in [5.74, 6) is 0.348. The van der Waals surface area contributed by atoms with Crippen molar-refractivity contribution in [2.75, 3.05) is 5.32 Å². The second kappa shape index (κ2) is 8.28. The maximum atomic E-state index is 13.1. The second-order valence-electron chi connectivity index (χ2n) is 11.0. The molecule has 2 fully saturated rings. The molecule has 33 heavy (non-hydrogen) atoms. The van der Waals surface area contributed by atoms with Crippen LogP contribution in [0.5, 0.6) is 0 Å². The van der Waals surface area contributed by atoms with Crippen LogP contribution in [0.25, 0.3) is 5.69 Å². The number of rotatable bonds is 6. The summed E-state index contributed by atoms with van der Waals surface area (Å²) >= 11 is 0. The third-order valence-electron chi connectivity index (χ3n) is 7.37. The molecule has 0 aliphatic heterocycles. The number of Topliss-reactive ketones (excluding diaryl/α,β-unsaturated/α-hetero) is 1. The maximum absolute atomic E-state index is 13.1. The highest BCUT2D eigenvalue weighted by Gasteiger charge is 2.38. The molecule has 4 N–H and O–H groups in total. The molecule has 0 bridgehead atoms. The monoisotopic (exact) mass is 450 g/mol. The summed E-state index contributed by atoms with van der Waals surface area (Å²) in [6.45, 7) is 4.26. The molecule has 0 saturated heterocycles.